The molecule has 0 spiro atoms. The van der Waals surface area contributed by atoms with Crippen molar-refractivity contribution in [3.8, 4) is 5.75 Å². The molecular formula is C23H37N3O6. The van der Waals surface area contributed by atoms with E-state index < -0.39 is 36.1 Å². The van der Waals surface area contributed by atoms with E-state index in [-0.39, 0.29) is 24.9 Å². The van der Waals surface area contributed by atoms with Crippen molar-refractivity contribution in [1.82, 2.24) is 15.5 Å². The Bertz CT molecular complexity index is 790. The number of benzene rings is 1. The van der Waals surface area contributed by atoms with Crippen molar-refractivity contribution in [2.24, 2.45) is 0 Å². The summed E-state index contributed by atoms with van der Waals surface area (Å²) in [4.78, 5) is 39.4. The van der Waals surface area contributed by atoms with Crippen LogP contribution in [0.3, 0.4) is 0 Å². The summed E-state index contributed by atoms with van der Waals surface area (Å²) in [5, 5.41) is 24.8. The molecule has 1 rings (SSSR count). The van der Waals surface area contributed by atoms with E-state index in [0.717, 1.165) is 12.8 Å². The van der Waals surface area contributed by atoms with Crippen LogP contribution in [0.25, 0.3) is 0 Å². The molecule has 0 fully saturated rings. The summed E-state index contributed by atoms with van der Waals surface area (Å²) in [6.45, 7) is 9.80. The van der Waals surface area contributed by atoms with Crippen LogP contribution in [0, 0.1) is 6.92 Å². The molecule has 9 nitrogen and oxygen atoms in total. The van der Waals surface area contributed by atoms with Crippen LogP contribution < -0.4 is 10.6 Å². The van der Waals surface area contributed by atoms with Crippen molar-refractivity contribution in [2.45, 2.75) is 72.1 Å². The molecule has 0 heterocycles. The van der Waals surface area contributed by atoms with Gasteiger partial charge >= 0.3 is 6.09 Å². The number of phenolic OH excluding ortho intramolecular Hbond substituents is 1. The fourth-order valence-corrected chi connectivity index (χ4v) is 3.22. The zero-order valence-electron chi connectivity index (χ0n) is 19.9. The minimum atomic E-state index is -1.05. The molecule has 0 saturated heterocycles. The number of phenols is 1. The quantitative estimate of drug-likeness (QED) is 0.432. The second-order valence-corrected chi connectivity index (χ2v) is 8.81. The number of aryl methyl sites for hydroxylation is 1. The molecule has 32 heavy (non-hydrogen) atoms. The number of ether oxygens (including phenoxy) is 1. The van der Waals surface area contributed by atoms with Crippen molar-refractivity contribution in [2.75, 3.05) is 19.7 Å². The molecule has 9 heteroatoms. The summed E-state index contributed by atoms with van der Waals surface area (Å²) in [6, 6.07) is 3.49. The van der Waals surface area contributed by atoms with E-state index in [4.69, 9.17) is 4.74 Å². The Hall–Kier alpha value is -2.81. The largest absolute Gasteiger partial charge is 0.508 e. The molecule has 0 bridgehead atoms. The van der Waals surface area contributed by atoms with Crippen LogP contribution in [0.4, 0.5) is 4.79 Å². The van der Waals surface area contributed by atoms with Crippen LogP contribution in [0.5, 0.6) is 5.75 Å². The molecule has 0 aliphatic heterocycles. The first kappa shape index (κ1) is 27.2. The summed E-state index contributed by atoms with van der Waals surface area (Å²) in [5.41, 5.74) is 0.310. The Labute approximate surface area is 190 Å². The lowest BCUT2D eigenvalue weighted by Crippen LogP contribution is -2.50. The lowest BCUT2D eigenvalue weighted by atomic mass is 10.0. The number of carbonyl (C=O) groups excluding carboxylic acids is 3. The van der Waals surface area contributed by atoms with Gasteiger partial charge in [0.05, 0.1) is 6.61 Å². The molecular weight excluding hydrogens is 414 g/mol. The van der Waals surface area contributed by atoms with Gasteiger partial charge < -0.3 is 30.5 Å². The van der Waals surface area contributed by atoms with Gasteiger partial charge in [-0.3, -0.25) is 9.59 Å². The molecule has 4 N–H and O–H groups in total. The van der Waals surface area contributed by atoms with Gasteiger partial charge in [0.25, 0.3) is 0 Å². The predicted octanol–water partition coefficient (Wildman–Crippen LogP) is 2.39. The summed E-state index contributed by atoms with van der Waals surface area (Å²) in [6.07, 6.45) is 0.887. The molecule has 2 unspecified atom stereocenters. The predicted molar refractivity (Wildman–Crippen MR) is 121 cm³/mol. The Balaban J connectivity index is 3.19. The standard InChI is InChI=1S/C23H37N3O6/c1-7-8-16(3)25-21(30)20(17-9-10-18(28)15(2)13-17)26(11-12-27)19(29)14-24-22(31)32-23(4,5)6/h9-10,13,16,20,27-28H,7-8,11-12,14H2,1-6H3,(H,24,31)(H,25,30). The Kier molecular flexibility index (Phi) is 10.5. The maximum absolute atomic E-state index is 13.2. The summed E-state index contributed by atoms with van der Waals surface area (Å²) in [7, 11) is 0. The second-order valence-electron chi connectivity index (χ2n) is 8.81. The van der Waals surface area contributed by atoms with Gasteiger partial charge in [-0.15, -0.1) is 0 Å². The Morgan fingerprint density at radius 2 is 1.88 bits per heavy atom. The van der Waals surface area contributed by atoms with E-state index >= 15 is 0 Å². The van der Waals surface area contributed by atoms with Gasteiger partial charge in [-0.2, -0.15) is 0 Å². The number of nitrogens with one attached hydrogen (secondary N) is 2. The van der Waals surface area contributed by atoms with Gasteiger partial charge in [0.2, 0.25) is 11.8 Å². The number of nitrogens with zero attached hydrogens (tertiary/aromatic N) is 1. The topological polar surface area (TPSA) is 128 Å². The Morgan fingerprint density at radius 1 is 1.22 bits per heavy atom. The fourth-order valence-electron chi connectivity index (χ4n) is 3.22. The number of aliphatic hydroxyl groups is 1. The Morgan fingerprint density at radius 3 is 2.41 bits per heavy atom. The van der Waals surface area contributed by atoms with E-state index in [1.165, 1.54) is 11.0 Å². The van der Waals surface area contributed by atoms with E-state index in [1.807, 2.05) is 13.8 Å². The third-order valence-electron chi connectivity index (χ3n) is 4.65. The monoisotopic (exact) mass is 451 g/mol. The van der Waals surface area contributed by atoms with Gasteiger partial charge in [-0.05, 0) is 64.3 Å². The molecule has 0 radical (unpaired) electrons. The number of hydrogen-bond donors (Lipinski definition) is 4. The molecule has 2 atom stereocenters. The first-order valence-electron chi connectivity index (χ1n) is 10.9. The maximum Gasteiger partial charge on any atom is 0.408 e. The molecule has 180 valence electrons. The summed E-state index contributed by atoms with van der Waals surface area (Å²) < 4.78 is 5.15. The van der Waals surface area contributed by atoms with Crippen molar-refractivity contribution >= 4 is 17.9 Å². The second kappa shape index (κ2) is 12.3. The SMILES string of the molecule is CCCC(C)NC(=O)C(c1ccc(O)c(C)c1)N(CCO)C(=O)CNC(=O)OC(C)(C)C. The van der Waals surface area contributed by atoms with Gasteiger partial charge in [-0.1, -0.05) is 19.4 Å². The lowest BCUT2D eigenvalue weighted by Gasteiger charge is -2.32. The highest BCUT2D eigenvalue weighted by Gasteiger charge is 2.32. The van der Waals surface area contributed by atoms with Crippen molar-refractivity contribution in [3.63, 3.8) is 0 Å². The van der Waals surface area contributed by atoms with Crippen molar-refractivity contribution in [1.29, 1.82) is 0 Å². The highest BCUT2D eigenvalue weighted by Crippen LogP contribution is 2.26. The molecule has 1 aromatic rings. The summed E-state index contributed by atoms with van der Waals surface area (Å²) >= 11 is 0. The van der Waals surface area contributed by atoms with Crippen LogP contribution in [-0.2, 0) is 14.3 Å². The summed E-state index contributed by atoms with van der Waals surface area (Å²) in [5.74, 6) is -0.895. The smallest absolute Gasteiger partial charge is 0.408 e. The normalized spacial score (nSPS) is 13.1. The van der Waals surface area contributed by atoms with Crippen LogP contribution in [0.15, 0.2) is 18.2 Å². The number of rotatable bonds is 10. The molecule has 0 saturated carbocycles. The first-order chi connectivity index (χ1) is 14.9. The van der Waals surface area contributed by atoms with Gasteiger partial charge in [0.1, 0.15) is 23.9 Å². The fraction of sp³-hybridized carbons (Fsp3) is 0.609. The molecule has 0 aromatic heterocycles. The molecule has 3 amide bonds. The molecule has 0 aliphatic rings. The third-order valence-corrected chi connectivity index (χ3v) is 4.65. The number of carbonyl (C=O) groups is 3. The highest BCUT2D eigenvalue weighted by molar-refractivity contribution is 5.90. The van der Waals surface area contributed by atoms with Crippen molar-refractivity contribution < 1.29 is 29.3 Å². The van der Waals surface area contributed by atoms with E-state index in [0.29, 0.717) is 11.1 Å². The van der Waals surface area contributed by atoms with Gasteiger partial charge in [-0.25, -0.2) is 4.79 Å². The number of hydrogen-bond acceptors (Lipinski definition) is 6. The number of alkyl carbamates (subject to hydrolysis) is 1. The minimum absolute atomic E-state index is 0.0684. The van der Waals surface area contributed by atoms with E-state index in [2.05, 4.69) is 10.6 Å². The zero-order chi connectivity index (χ0) is 24.5. The maximum atomic E-state index is 13.2. The zero-order valence-corrected chi connectivity index (χ0v) is 19.9. The van der Waals surface area contributed by atoms with Gasteiger partial charge in [0, 0.05) is 12.6 Å². The van der Waals surface area contributed by atoms with Crippen LogP contribution in [-0.4, -0.2) is 64.4 Å². The average Bonchev–Trinajstić information content (AvgIpc) is 2.67. The average molecular weight is 452 g/mol. The minimum Gasteiger partial charge on any atom is -0.508 e. The number of aliphatic hydroxyl groups excluding tert-OH is 1. The number of amides is 3. The first-order valence-corrected chi connectivity index (χ1v) is 10.9. The van der Waals surface area contributed by atoms with E-state index in [9.17, 15) is 24.6 Å². The van der Waals surface area contributed by atoms with Crippen LogP contribution in [0.2, 0.25) is 0 Å². The lowest BCUT2D eigenvalue weighted by molar-refractivity contribution is -0.141. The van der Waals surface area contributed by atoms with Crippen molar-refractivity contribution in [3.05, 3.63) is 29.3 Å². The highest BCUT2D eigenvalue weighted by atomic mass is 16.6. The van der Waals surface area contributed by atoms with Crippen LogP contribution >= 0.6 is 0 Å². The van der Waals surface area contributed by atoms with Gasteiger partial charge in [0.15, 0.2) is 0 Å². The molecule has 0 aliphatic carbocycles. The van der Waals surface area contributed by atoms with E-state index in [1.54, 1.807) is 39.8 Å². The molecule has 1 aromatic carbocycles. The number of aromatic hydroxyl groups is 1. The van der Waals surface area contributed by atoms with Crippen LogP contribution in [0.1, 0.15) is 64.6 Å². The third kappa shape index (κ3) is 8.74.